The number of ketones is 1. The lowest BCUT2D eigenvalue weighted by molar-refractivity contribution is -0.111. The monoisotopic (exact) mass is 420 g/mol. The number of aliphatic hydroxyl groups excluding tert-OH is 1. The van der Waals surface area contributed by atoms with E-state index >= 15 is 0 Å². The first-order valence-electron chi connectivity index (χ1n) is 9.35. The second-order valence-corrected chi connectivity index (χ2v) is 6.75. The second-order valence-electron chi connectivity index (χ2n) is 6.75. The second kappa shape index (κ2) is 9.59. The molecule has 0 atom stereocenters. The Morgan fingerprint density at radius 1 is 1.13 bits per heavy atom. The molecule has 2 N–H and O–H groups in total. The van der Waals surface area contributed by atoms with E-state index in [0.717, 1.165) is 17.2 Å². The van der Waals surface area contributed by atoms with Gasteiger partial charge < -0.3 is 15.1 Å². The third-order valence-corrected chi connectivity index (χ3v) is 4.84. The summed E-state index contributed by atoms with van der Waals surface area (Å²) in [6, 6.07) is 14.0. The maximum Gasteiger partial charge on any atom is 0.237 e. The highest BCUT2D eigenvalue weighted by Gasteiger charge is 2.18. The number of carbonyl (C=O) groups excluding carboxylic acids is 1. The van der Waals surface area contributed by atoms with Crippen molar-refractivity contribution >= 4 is 18.1 Å². The van der Waals surface area contributed by atoms with Gasteiger partial charge >= 0.3 is 0 Å². The van der Waals surface area contributed by atoms with Crippen LogP contribution in [0.1, 0.15) is 35.0 Å². The van der Waals surface area contributed by atoms with Gasteiger partial charge in [-0.2, -0.15) is 5.26 Å². The molecule has 0 aliphatic carbocycles. The van der Waals surface area contributed by atoms with E-state index in [0.29, 0.717) is 12.6 Å². The Labute approximate surface area is 177 Å². The number of nitrogens with one attached hydrogen (secondary N) is 1. The standard InChI is InChI=1S/C23H18F2N4O2/c24-17-5-1-15(2-6-17)20(16-3-7-18(25)8-4-16)9-10-29-19(12-26)14-28-23(29)11-21(30)22(31)13-27/h1-8,11,13-14,20,27,30H,9-10H2/b21-11-,27-13?. The average Bonchev–Trinajstić information content (AvgIpc) is 3.16. The van der Waals surface area contributed by atoms with Crippen LogP contribution in [0.4, 0.5) is 8.78 Å². The maximum absolute atomic E-state index is 13.4. The smallest absolute Gasteiger partial charge is 0.237 e. The number of aliphatic hydroxyl groups is 1. The molecule has 3 rings (SSSR count). The van der Waals surface area contributed by atoms with Gasteiger partial charge in [0.1, 0.15) is 29.2 Å². The number of hydrogen-bond donors (Lipinski definition) is 2. The van der Waals surface area contributed by atoms with Gasteiger partial charge in [-0.25, -0.2) is 13.8 Å². The molecule has 6 nitrogen and oxygen atoms in total. The van der Waals surface area contributed by atoms with Gasteiger partial charge in [-0.05, 0) is 41.8 Å². The van der Waals surface area contributed by atoms with Crippen LogP contribution in [0.15, 0.2) is 60.5 Å². The van der Waals surface area contributed by atoms with Crippen molar-refractivity contribution in [3.63, 3.8) is 0 Å². The van der Waals surface area contributed by atoms with E-state index in [9.17, 15) is 23.9 Å². The lowest BCUT2D eigenvalue weighted by Crippen LogP contribution is -2.11. The normalized spacial score (nSPS) is 11.4. The van der Waals surface area contributed by atoms with Crippen molar-refractivity contribution in [3.05, 3.63) is 94.8 Å². The van der Waals surface area contributed by atoms with E-state index in [1.165, 1.54) is 35.0 Å². The Balaban J connectivity index is 1.95. The molecular formula is C23H18F2N4O2. The summed E-state index contributed by atoms with van der Waals surface area (Å²) < 4.78 is 28.4. The van der Waals surface area contributed by atoms with Gasteiger partial charge in [-0.3, -0.25) is 4.79 Å². The van der Waals surface area contributed by atoms with Crippen LogP contribution in [0.25, 0.3) is 6.08 Å². The molecule has 31 heavy (non-hydrogen) atoms. The summed E-state index contributed by atoms with van der Waals surface area (Å²) in [7, 11) is 0. The fraction of sp³-hybridized carbons (Fsp3) is 0.130. The largest absolute Gasteiger partial charge is 0.504 e. The maximum atomic E-state index is 13.4. The first-order chi connectivity index (χ1) is 14.9. The summed E-state index contributed by atoms with van der Waals surface area (Å²) in [5.41, 5.74) is 1.84. The summed E-state index contributed by atoms with van der Waals surface area (Å²) in [5.74, 6) is -2.35. The van der Waals surface area contributed by atoms with Crippen molar-refractivity contribution in [2.45, 2.75) is 18.9 Å². The summed E-state index contributed by atoms with van der Waals surface area (Å²) in [6.07, 6.45) is 3.34. The fourth-order valence-electron chi connectivity index (χ4n) is 3.27. The number of nitrogens with zero attached hydrogens (tertiary/aromatic N) is 3. The van der Waals surface area contributed by atoms with E-state index < -0.39 is 11.5 Å². The van der Waals surface area contributed by atoms with Crippen LogP contribution in [-0.2, 0) is 11.3 Å². The topological polar surface area (TPSA) is 103 Å². The van der Waals surface area contributed by atoms with Crippen molar-refractivity contribution in [1.82, 2.24) is 9.55 Å². The van der Waals surface area contributed by atoms with Crippen LogP contribution in [0.5, 0.6) is 0 Å². The number of imidazole rings is 1. The molecule has 156 valence electrons. The quantitative estimate of drug-likeness (QED) is 0.321. The Morgan fingerprint density at radius 2 is 1.68 bits per heavy atom. The van der Waals surface area contributed by atoms with Gasteiger partial charge in [-0.15, -0.1) is 0 Å². The van der Waals surface area contributed by atoms with Gasteiger partial charge in [-0.1, -0.05) is 24.3 Å². The number of carbonyl (C=O) groups is 1. The number of Topliss-reactive ketones (excluding diaryl/α,β-unsaturated/α-hetero) is 1. The van der Waals surface area contributed by atoms with Gasteiger partial charge in [0.2, 0.25) is 5.78 Å². The number of nitriles is 1. The Kier molecular flexibility index (Phi) is 6.67. The molecule has 0 saturated carbocycles. The van der Waals surface area contributed by atoms with Crippen LogP contribution >= 0.6 is 0 Å². The predicted octanol–water partition coefficient (Wildman–Crippen LogP) is 4.37. The molecule has 0 aliphatic rings. The van der Waals surface area contributed by atoms with E-state index in [1.54, 1.807) is 24.3 Å². The number of aromatic nitrogens is 2. The number of allylic oxidation sites excluding steroid dienone is 1. The van der Waals surface area contributed by atoms with Gasteiger partial charge in [0.05, 0.1) is 12.4 Å². The zero-order chi connectivity index (χ0) is 22.4. The van der Waals surface area contributed by atoms with Crippen LogP contribution in [-0.4, -0.2) is 26.7 Å². The first-order valence-corrected chi connectivity index (χ1v) is 9.35. The van der Waals surface area contributed by atoms with Crippen molar-refractivity contribution in [2.24, 2.45) is 0 Å². The van der Waals surface area contributed by atoms with Crippen molar-refractivity contribution in [2.75, 3.05) is 0 Å². The Hall–Kier alpha value is -4.12. The van der Waals surface area contributed by atoms with Crippen molar-refractivity contribution < 1.29 is 18.7 Å². The van der Waals surface area contributed by atoms with Crippen LogP contribution in [0.2, 0.25) is 0 Å². The number of benzene rings is 2. The van der Waals surface area contributed by atoms with Crippen LogP contribution in [0, 0.1) is 28.4 Å². The van der Waals surface area contributed by atoms with Crippen LogP contribution in [0.3, 0.4) is 0 Å². The van der Waals surface area contributed by atoms with Crippen molar-refractivity contribution in [3.8, 4) is 6.07 Å². The summed E-state index contributed by atoms with van der Waals surface area (Å²) in [6.45, 7) is 0.278. The SMILES string of the molecule is N#Cc1cnc(/C=C(\O)C(=O)C=N)n1CCC(c1ccc(F)cc1)c1ccc(F)cc1. The van der Waals surface area contributed by atoms with E-state index in [2.05, 4.69) is 4.98 Å². The highest BCUT2D eigenvalue weighted by atomic mass is 19.1. The molecule has 0 radical (unpaired) electrons. The number of rotatable bonds is 8. The van der Waals surface area contributed by atoms with Crippen LogP contribution < -0.4 is 0 Å². The molecule has 0 aliphatic heterocycles. The lowest BCUT2D eigenvalue weighted by atomic mass is 9.88. The summed E-state index contributed by atoms with van der Waals surface area (Å²) in [5, 5.41) is 26.2. The molecule has 0 amide bonds. The van der Waals surface area contributed by atoms with Gasteiger partial charge in [0.15, 0.2) is 5.76 Å². The molecule has 0 unspecified atom stereocenters. The molecule has 2 aromatic carbocycles. The van der Waals surface area contributed by atoms with E-state index in [1.807, 2.05) is 6.07 Å². The minimum Gasteiger partial charge on any atom is -0.504 e. The molecule has 8 heteroatoms. The predicted molar refractivity (Wildman–Crippen MR) is 111 cm³/mol. The highest BCUT2D eigenvalue weighted by molar-refractivity contribution is 6.34. The molecule has 1 heterocycles. The number of halogens is 2. The molecular weight excluding hydrogens is 402 g/mol. The van der Waals surface area contributed by atoms with Crippen molar-refractivity contribution in [1.29, 1.82) is 10.7 Å². The Bertz CT molecular complexity index is 1110. The van der Waals surface area contributed by atoms with E-state index in [-0.39, 0.29) is 35.6 Å². The fourth-order valence-corrected chi connectivity index (χ4v) is 3.27. The van der Waals surface area contributed by atoms with Gasteiger partial charge in [0.25, 0.3) is 0 Å². The molecule has 0 saturated heterocycles. The zero-order valence-corrected chi connectivity index (χ0v) is 16.3. The first kappa shape index (κ1) is 21.6. The third kappa shape index (κ3) is 5.08. The summed E-state index contributed by atoms with van der Waals surface area (Å²) in [4.78, 5) is 15.5. The molecule has 0 bridgehead atoms. The minimum absolute atomic E-state index is 0.182. The van der Waals surface area contributed by atoms with Gasteiger partial charge in [0, 0.05) is 18.5 Å². The molecule has 1 aromatic heterocycles. The minimum atomic E-state index is -0.886. The Morgan fingerprint density at radius 3 is 2.16 bits per heavy atom. The summed E-state index contributed by atoms with van der Waals surface area (Å²) >= 11 is 0. The number of hydrogen-bond acceptors (Lipinski definition) is 5. The molecule has 0 spiro atoms. The third-order valence-electron chi connectivity index (χ3n) is 4.84. The zero-order valence-electron chi connectivity index (χ0n) is 16.3. The van der Waals surface area contributed by atoms with E-state index in [4.69, 9.17) is 5.41 Å². The molecule has 3 aromatic rings. The molecule has 0 fully saturated rings. The average molecular weight is 420 g/mol. The lowest BCUT2D eigenvalue weighted by Gasteiger charge is -2.19. The highest BCUT2D eigenvalue weighted by Crippen LogP contribution is 2.29.